The molecule has 1 aromatic carbocycles. The minimum atomic E-state index is 0.108. The molecule has 1 unspecified atom stereocenters. The highest BCUT2D eigenvalue weighted by Crippen LogP contribution is 2.36. The van der Waals surface area contributed by atoms with Gasteiger partial charge in [-0.2, -0.15) is 0 Å². The number of hydrogen-bond acceptors (Lipinski definition) is 2. The molecular weight excluding hydrogens is 236 g/mol. The van der Waals surface area contributed by atoms with Crippen molar-refractivity contribution in [1.82, 2.24) is 0 Å². The van der Waals surface area contributed by atoms with Crippen molar-refractivity contribution in [3.05, 3.63) is 65.6 Å². The first kappa shape index (κ1) is 12.0. The van der Waals surface area contributed by atoms with Crippen LogP contribution in [0.15, 0.2) is 58.7 Å². The lowest BCUT2D eigenvalue weighted by molar-refractivity contribution is -0.116. The van der Waals surface area contributed by atoms with Gasteiger partial charge in [0, 0.05) is 17.9 Å². The fraction of sp³-hybridized carbons (Fsp3) is 0.235. The molecule has 1 aliphatic rings. The third-order valence-corrected chi connectivity index (χ3v) is 3.60. The highest BCUT2D eigenvalue weighted by Gasteiger charge is 2.28. The Morgan fingerprint density at radius 2 is 1.95 bits per heavy atom. The lowest BCUT2D eigenvalue weighted by Gasteiger charge is -2.22. The number of allylic oxidation sites excluding steroid dienone is 1. The average Bonchev–Trinajstić information content (AvgIpc) is 2.96. The van der Waals surface area contributed by atoms with E-state index in [1.807, 2.05) is 48.5 Å². The van der Waals surface area contributed by atoms with Crippen molar-refractivity contribution in [1.29, 1.82) is 0 Å². The number of carbonyl (C=O) groups is 1. The first-order valence-corrected chi connectivity index (χ1v) is 6.68. The second-order valence-electron chi connectivity index (χ2n) is 4.89. The van der Waals surface area contributed by atoms with Crippen LogP contribution < -0.4 is 0 Å². The van der Waals surface area contributed by atoms with Gasteiger partial charge in [-0.1, -0.05) is 30.3 Å². The third-order valence-electron chi connectivity index (χ3n) is 3.60. The number of ketones is 1. The molecule has 0 spiro atoms. The molecule has 0 aliphatic heterocycles. The Morgan fingerprint density at radius 1 is 1.11 bits per heavy atom. The predicted octanol–water partition coefficient (Wildman–Crippen LogP) is 4.20. The van der Waals surface area contributed by atoms with E-state index in [-0.39, 0.29) is 11.7 Å². The Labute approximate surface area is 112 Å². The maximum atomic E-state index is 12.2. The summed E-state index contributed by atoms with van der Waals surface area (Å²) in [6, 6.07) is 13.8. The van der Waals surface area contributed by atoms with Gasteiger partial charge in [-0.25, -0.2) is 0 Å². The standard InChI is InChI=1S/C17H16O2/c18-16-9-4-8-14(17-10-5-11-19-17)15(16)12-13-6-2-1-3-7-13/h1-3,5-7,10-12,14H,4,8-9H2. The van der Waals surface area contributed by atoms with Crippen LogP contribution in [0.2, 0.25) is 0 Å². The molecule has 96 valence electrons. The lowest BCUT2D eigenvalue weighted by Crippen LogP contribution is -2.17. The van der Waals surface area contributed by atoms with Gasteiger partial charge in [0.25, 0.3) is 0 Å². The minimum Gasteiger partial charge on any atom is -0.469 e. The van der Waals surface area contributed by atoms with Gasteiger partial charge in [-0.3, -0.25) is 4.79 Å². The Bertz CT molecular complexity index is 579. The molecule has 1 fully saturated rings. The van der Waals surface area contributed by atoms with Gasteiger partial charge < -0.3 is 4.42 Å². The number of Topliss-reactive ketones (excluding diaryl/α,β-unsaturated/α-hetero) is 1. The molecule has 0 bridgehead atoms. The van der Waals surface area contributed by atoms with Crippen LogP contribution in [0.1, 0.15) is 36.5 Å². The zero-order valence-corrected chi connectivity index (χ0v) is 10.7. The summed E-state index contributed by atoms with van der Waals surface area (Å²) in [6.07, 6.45) is 6.26. The summed E-state index contributed by atoms with van der Waals surface area (Å²) in [5.74, 6) is 1.25. The number of furan rings is 1. The molecule has 0 N–H and O–H groups in total. The van der Waals surface area contributed by atoms with Crippen molar-refractivity contribution >= 4 is 11.9 Å². The smallest absolute Gasteiger partial charge is 0.159 e. The molecular formula is C17H16O2. The van der Waals surface area contributed by atoms with E-state index in [0.29, 0.717) is 6.42 Å². The molecule has 1 saturated carbocycles. The van der Waals surface area contributed by atoms with Crippen molar-refractivity contribution in [2.75, 3.05) is 0 Å². The minimum absolute atomic E-state index is 0.108. The highest BCUT2D eigenvalue weighted by molar-refractivity contribution is 6.01. The van der Waals surface area contributed by atoms with Crippen molar-refractivity contribution in [2.24, 2.45) is 0 Å². The Kier molecular flexibility index (Phi) is 3.32. The van der Waals surface area contributed by atoms with E-state index in [2.05, 4.69) is 0 Å². The van der Waals surface area contributed by atoms with Gasteiger partial charge >= 0.3 is 0 Å². The van der Waals surface area contributed by atoms with Gasteiger partial charge in [0.2, 0.25) is 0 Å². The van der Waals surface area contributed by atoms with Crippen LogP contribution in [-0.2, 0) is 4.79 Å². The molecule has 0 radical (unpaired) electrons. The monoisotopic (exact) mass is 252 g/mol. The average molecular weight is 252 g/mol. The van der Waals surface area contributed by atoms with Crippen LogP contribution in [-0.4, -0.2) is 5.78 Å². The van der Waals surface area contributed by atoms with Crippen LogP contribution in [0.4, 0.5) is 0 Å². The van der Waals surface area contributed by atoms with Gasteiger partial charge in [0.05, 0.1) is 6.26 Å². The molecule has 2 aromatic rings. The summed E-state index contributed by atoms with van der Waals surface area (Å²) in [5.41, 5.74) is 1.96. The fourth-order valence-corrected chi connectivity index (χ4v) is 2.66. The van der Waals surface area contributed by atoms with Crippen molar-refractivity contribution in [3.63, 3.8) is 0 Å². The molecule has 0 amide bonds. The van der Waals surface area contributed by atoms with Crippen LogP contribution in [0.3, 0.4) is 0 Å². The van der Waals surface area contributed by atoms with Gasteiger partial charge in [0.15, 0.2) is 5.78 Å². The second-order valence-corrected chi connectivity index (χ2v) is 4.89. The number of benzene rings is 1. The van der Waals surface area contributed by atoms with E-state index in [4.69, 9.17) is 4.42 Å². The van der Waals surface area contributed by atoms with Gasteiger partial charge in [-0.15, -0.1) is 0 Å². The number of rotatable bonds is 2. The molecule has 1 heterocycles. The maximum absolute atomic E-state index is 12.2. The van der Waals surface area contributed by atoms with E-state index < -0.39 is 0 Å². The Hall–Kier alpha value is -2.09. The van der Waals surface area contributed by atoms with Crippen LogP contribution in [0, 0.1) is 0 Å². The molecule has 1 aromatic heterocycles. The summed E-state index contributed by atoms with van der Waals surface area (Å²) in [4.78, 5) is 12.2. The summed E-state index contributed by atoms with van der Waals surface area (Å²) in [5, 5.41) is 0. The van der Waals surface area contributed by atoms with E-state index in [1.165, 1.54) is 0 Å². The summed E-state index contributed by atoms with van der Waals surface area (Å²) < 4.78 is 5.50. The maximum Gasteiger partial charge on any atom is 0.159 e. The Morgan fingerprint density at radius 3 is 2.68 bits per heavy atom. The van der Waals surface area contributed by atoms with Crippen LogP contribution >= 0.6 is 0 Å². The molecule has 0 saturated heterocycles. The summed E-state index contributed by atoms with van der Waals surface area (Å²) in [6.45, 7) is 0. The van der Waals surface area contributed by atoms with Crippen molar-refractivity contribution < 1.29 is 9.21 Å². The summed E-state index contributed by atoms with van der Waals surface area (Å²) in [7, 11) is 0. The van der Waals surface area contributed by atoms with E-state index in [9.17, 15) is 4.79 Å². The molecule has 2 heteroatoms. The van der Waals surface area contributed by atoms with Crippen LogP contribution in [0.5, 0.6) is 0 Å². The molecule has 19 heavy (non-hydrogen) atoms. The molecule has 1 atom stereocenters. The lowest BCUT2D eigenvalue weighted by atomic mass is 9.81. The highest BCUT2D eigenvalue weighted by atomic mass is 16.3. The largest absolute Gasteiger partial charge is 0.469 e. The van der Waals surface area contributed by atoms with Crippen molar-refractivity contribution in [2.45, 2.75) is 25.2 Å². The van der Waals surface area contributed by atoms with Gasteiger partial charge in [0.1, 0.15) is 5.76 Å². The fourth-order valence-electron chi connectivity index (χ4n) is 2.66. The predicted molar refractivity (Wildman–Crippen MR) is 74.7 cm³/mol. The van der Waals surface area contributed by atoms with E-state index in [0.717, 1.165) is 29.7 Å². The Balaban J connectivity index is 1.99. The SMILES string of the molecule is O=C1CCCC(c2ccco2)C1=Cc1ccccc1. The molecule has 3 rings (SSSR count). The first-order chi connectivity index (χ1) is 9.34. The van der Waals surface area contributed by atoms with Gasteiger partial charge in [-0.05, 0) is 36.6 Å². The third kappa shape index (κ3) is 2.53. The molecule has 2 nitrogen and oxygen atoms in total. The molecule has 1 aliphatic carbocycles. The normalized spacial score (nSPS) is 21.8. The number of carbonyl (C=O) groups excluding carboxylic acids is 1. The first-order valence-electron chi connectivity index (χ1n) is 6.68. The zero-order valence-electron chi connectivity index (χ0n) is 10.7. The van der Waals surface area contributed by atoms with Crippen LogP contribution in [0.25, 0.3) is 6.08 Å². The number of hydrogen-bond donors (Lipinski definition) is 0. The van der Waals surface area contributed by atoms with E-state index >= 15 is 0 Å². The van der Waals surface area contributed by atoms with E-state index in [1.54, 1.807) is 6.26 Å². The topological polar surface area (TPSA) is 30.2 Å². The zero-order chi connectivity index (χ0) is 13.1. The summed E-state index contributed by atoms with van der Waals surface area (Å²) >= 11 is 0. The second kappa shape index (κ2) is 5.27. The quantitative estimate of drug-likeness (QED) is 0.750. The van der Waals surface area contributed by atoms with Crippen molar-refractivity contribution in [3.8, 4) is 0 Å².